The van der Waals surface area contributed by atoms with Crippen LogP contribution in [0, 0.1) is 6.92 Å². The van der Waals surface area contributed by atoms with Gasteiger partial charge in [0.05, 0.1) is 24.8 Å². The number of ether oxygens (including phenoxy) is 2. The number of rotatable bonds is 3. The topological polar surface area (TPSA) is 64.6 Å². The summed E-state index contributed by atoms with van der Waals surface area (Å²) in [6.45, 7) is 1.75. The molecule has 0 saturated heterocycles. The van der Waals surface area contributed by atoms with Crippen molar-refractivity contribution in [3.8, 4) is 0 Å². The Hall–Kier alpha value is -1.56. The van der Waals surface area contributed by atoms with Crippen LogP contribution in [0.4, 0.5) is 5.00 Å². The Labute approximate surface area is 97.4 Å². The Bertz CT molecular complexity index is 425. The Morgan fingerprint density at radius 2 is 1.75 bits per heavy atom. The Morgan fingerprint density at radius 1 is 1.19 bits per heavy atom. The highest BCUT2D eigenvalue weighted by atomic mass is 32.1. The molecule has 0 radical (unpaired) electrons. The molecule has 1 aromatic rings. The molecule has 1 rings (SSSR count). The maximum atomic E-state index is 11.6. The van der Waals surface area contributed by atoms with Gasteiger partial charge in [0.25, 0.3) is 0 Å². The van der Waals surface area contributed by atoms with Crippen molar-refractivity contribution >= 4 is 28.3 Å². The summed E-state index contributed by atoms with van der Waals surface area (Å²) in [5.74, 6) is -1.06. The number of carbonyl (C=O) groups excluding carboxylic acids is 2. The van der Waals surface area contributed by atoms with E-state index in [0.717, 1.165) is 5.00 Å². The van der Waals surface area contributed by atoms with E-state index in [2.05, 4.69) is 14.8 Å². The summed E-state index contributed by atoms with van der Waals surface area (Å²) < 4.78 is 9.26. The minimum Gasteiger partial charge on any atom is -0.465 e. The first-order chi connectivity index (χ1) is 7.56. The molecule has 1 aromatic heterocycles. The third kappa shape index (κ3) is 2.01. The third-order valence-electron chi connectivity index (χ3n) is 2.13. The van der Waals surface area contributed by atoms with Crippen LogP contribution in [0.1, 0.15) is 25.6 Å². The van der Waals surface area contributed by atoms with Gasteiger partial charge in [0.1, 0.15) is 4.88 Å². The number of hydrogen-bond acceptors (Lipinski definition) is 6. The summed E-state index contributed by atoms with van der Waals surface area (Å²) in [7, 11) is 4.28. The van der Waals surface area contributed by atoms with Gasteiger partial charge in [-0.1, -0.05) is 0 Å². The molecule has 0 aromatic carbocycles. The second kappa shape index (κ2) is 4.98. The van der Waals surface area contributed by atoms with E-state index in [1.54, 1.807) is 14.0 Å². The molecule has 1 heterocycles. The van der Waals surface area contributed by atoms with Crippen LogP contribution < -0.4 is 5.32 Å². The second-order valence-electron chi connectivity index (χ2n) is 2.99. The molecule has 1 N–H and O–H groups in total. The lowest BCUT2D eigenvalue weighted by atomic mass is 10.1. The molecule has 0 amide bonds. The summed E-state index contributed by atoms with van der Waals surface area (Å²) in [5.41, 5.74) is 0.962. The fourth-order valence-electron chi connectivity index (χ4n) is 1.34. The molecule has 0 fully saturated rings. The quantitative estimate of drug-likeness (QED) is 0.818. The zero-order valence-corrected chi connectivity index (χ0v) is 10.4. The molecule has 0 saturated carbocycles. The molecular formula is C10H13NO4S. The summed E-state index contributed by atoms with van der Waals surface area (Å²) in [5, 5.41) is 3.67. The van der Waals surface area contributed by atoms with Crippen LogP contribution in [0.25, 0.3) is 0 Å². The number of hydrogen-bond donors (Lipinski definition) is 1. The van der Waals surface area contributed by atoms with Crippen molar-refractivity contribution < 1.29 is 19.1 Å². The maximum Gasteiger partial charge on any atom is 0.349 e. The minimum absolute atomic E-state index is 0.260. The Morgan fingerprint density at radius 3 is 2.19 bits per heavy atom. The standard InChI is InChI=1S/C10H13NO4S/c1-5-6(9(12)14-3)7(10(13)15-4)16-8(5)11-2/h11H,1-4H3. The van der Waals surface area contributed by atoms with Gasteiger partial charge in [-0.2, -0.15) is 0 Å². The molecule has 0 atom stereocenters. The summed E-state index contributed by atoms with van der Waals surface area (Å²) in [6.07, 6.45) is 0. The molecule has 0 bridgehead atoms. The number of nitrogens with one attached hydrogen (secondary N) is 1. The van der Waals surface area contributed by atoms with Crippen LogP contribution >= 0.6 is 11.3 Å². The molecule has 6 heteroatoms. The van der Waals surface area contributed by atoms with Gasteiger partial charge in [0.2, 0.25) is 0 Å². The summed E-state index contributed by atoms with van der Waals surface area (Å²) in [4.78, 5) is 23.3. The van der Waals surface area contributed by atoms with Crippen LogP contribution in [0.2, 0.25) is 0 Å². The highest BCUT2D eigenvalue weighted by Gasteiger charge is 2.26. The molecule has 0 unspecified atom stereocenters. The van der Waals surface area contributed by atoms with Gasteiger partial charge in [-0.05, 0) is 12.5 Å². The van der Waals surface area contributed by atoms with Crippen molar-refractivity contribution in [2.24, 2.45) is 0 Å². The molecule has 5 nitrogen and oxygen atoms in total. The molecular weight excluding hydrogens is 230 g/mol. The first kappa shape index (κ1) is 12.5. The fourth-order valence-corrected chi connectivity index (χ4v) is 2.40. The lowest BCUT2D eigenvalue weighted by Gasteiger charge is -2.01. The smallest absolute Gasteiger partial charge is 0.349 e. The van der Waals surface area contributed by atoms with Crippen LogP contribution in [0.5, 0.6) is 0 Å². The molecule has 0 spiro atoms. The summed E-state index contributed by atoms with van der Waals surface area (Å²) >= 11 is 1.18. The zero-order valence-electron chi connectivity index (χ0n) is 9.54. The van der Waals surface area contributed by atoms with Gasteiger partial charge in [-0.15, -0.1) is 11.3 Å². The van der Waals surface area contributed by atoms with Gasteiger partial charge >= 0.3 is 11.9 Å². The fraction of sp³-hybridized carbons (Fsp3) is 0.400. The highest BCUT2D eigenvalue weighted by molar-refractivity contribution is 7.18. The predicted octanol–water partition coefficient (Wildman–Crippen LogP) is 1.67. The van der Waals surface area contributed by atoms with Crippen molar-refractivity contribution in [1.29, 1.82) is 0 Å². The lowest BCUT2D eigenvalue weighted by molar-refractivity contribution is 0.0559. The molecule has 0 aliphatic carbocycles. The number of anilines is 1. The van der Waals surface area contributed by atoms with E-state index < -0.39 is 11.9 Å². The van der Waals surface area contributed by atoms with E-state index in [1.807, 2.05) is 0 Å². The van der Waals surface area contributed by atoms with E-state index >= 15 is 0 Å². The number of carbonyl (C=O) groups is 2. The maximum absolute atomic E-state index is 11.6. The number of thiophene rings is 1. The van der Waals surface area contributed by atoms with Gasteiger partial charge in [-0.3, -0.25) is 0 Å². The average Bonchev–Trinajstić information content (AvgIpc) is 2.64. The van der Waals surface area contributed by atoms with E-state index in [-0.39, 0.29) is 10.4 Å². The predicted molar refractivity (Wildman–Crippen MR) is 61.3 cm³/mol. The van der Waals surface area contributed by atoms with Gasteiger partial charge < -0.3 is 14.8 Å². The van der Waals surface area contributed by atoms with E-state index in [4.69, 9.17) is 0 Å². The third-order valence-corrected chi connectivity index (χ3v) is 3.42. The Balaban J connectivity index is 3.36. The molecule has 88 valence electrons. The van der Waals surface area contributed by atoms with Crippen LogP contribution in [-0.4, -0.2) is 33.2 Å². The van der Waals surface area contributed by atoms with Crippen LogP contribution in [-0.2, 0) is 9.47 Å². The largest absolute Gasteiger partial charge is 0.465 e. The Kier molecular flexibility index (Phi) is 3.89. The monoisotopic (exact) mass is 243 g/mol. The van der Waals surface area contributed by atoms with E-state index in [9.17, 15) is 9.59 Å². The normalized spacial score (nSPS) is 9.75. The van der Waals surface area contributed by atoms with Crippen LogP contribution in [0.3, 0.4) is 0 Å². The van der Waals surface area contributed by atoms with Crippen LogP contribution in [0.15, 0.2) is 0 Å². The summed E-state index contributed by atoms with van der Waals surface area (Å²) in [6, 6.07) is 0. The van der Waals surface area contributed by atoms with Crippen molar-refractivity contribution in [1.82, 2.24) is 0 Å². The zero-order chi connectivity index (χ0) is 12.3. The first-order valence-electron chi connectivity index (χ1n) is 4.54. The van der Waals surface area contributed by atoms with Crippen molar-refractivity contribution in [2.75, 3.05) is 26.6 Å². The number of esters is 2. The van der Waals surface area contributed by atoms with Crippen molar-refractivity contribution in [3.63, 3.8) is 0 Å². The van der Waals surface area contributed by atoms with Gasteiger partial charge in [0.15, 0.2) is 0 Å². The average molecular weight is 243 g/mol. The lowest BCUT2D eigenvalue weighted by Crippen LogP contribution is -2.09. The highest BCUT2D eigenvalue weighted by Crippen LogP contribution is 2.33. The molecule has 0 aliphatic heterocycles. The molecule has 16 heavy (non-hydrogen) atoms. The van der Waals surface area contributed by atoms with Gasteiger partial charge in [-0.25, -0.2) is 9.59 Å². The SMILES string of the molecule is CNc1sc(C(=O)OC)c(C(=O)OC)c1C. The molecule has 0 aliphatic rings. The minimum atomic E-state index is -0.532. The van der Waals surface area contributed by atoms with Gasteiger partial charge in [0, 0.05) is 7.05 Å². The first-order valence-corrected chi connectivity index (χ1v) is 5.36. The number of methoxy groups -OCH3 is 2. The second-order valence-corrected chi connectivity index (χ2v) is 4.01. The van der Waals surface area contributed by atoms with E-state index in [1.165, 1.54) is 25.6 Å². The van der Waals surface area contributed by atoms with E-state index in [0.29, 0.717) is 5.56 Å². The van der Waals surface area contributed by atoms with Crippen molar-refractivity contribution in [3.05, 3.63) is 16.0 Å². The van der Waals surface area contributed by atoms with Crippen molar-refractivity contribution in [2.45, 2.75) is 6.92 Å².